The lowest BCUT2D eigenvalue weighted by atomic mass is 9.92. The van der Waals surface area contributed by atoms with E-state index in [9.17, 15) is 19.1 Å². The van der Waals surface area contributed by atoms with Gasteiger partial charge in [-0.1, -0.05) is 17.7 Å². The first-order valence-corrected chi connectivity index (χ1v) is 6.26. The van der Waals surface area contributed by atoms with Gasteiger partial charge in [0, 0.05) is 10.6 Å². The van der Waals surface area contributed by atoms with Crippen LogP contribution in [0.1, 0.15) is 26.3 Å². The maximum Gasteiger partial charge on any atom is 0.336 e. The second kappa shape index (κ2) is 5.54. The van der Waals surface area contributed by atoms with Crippen LogP contribution in [0.3, 0.4) is 0 Å². The number of benzene rings is 2. The predicted octanol–water partition coefficient (Wildman–Crippen LogP) is 3.85. The monoisotopic (exact) mass is 308 g/mol. The molecule has 0 bridgehead atoms. The van der Waals surface area contributed by atoms with Crippen LogP contribution >= 0.6 is 11.6 Å². The Balaban J connectivity index is 2.78. The van der Waals surface area contributed by atoms with Crippen LogP contribution in [0.4, 0.5) is 4.39 Å². The van der Waals surface area contributed by atoms with E-state index in [0.717, 1.165) is 6.07 Å². The van der Waals surface area contributed by atoms with Gasteiger partial charge in [-0.25, -0.2) is 14.0 Å². The van der Waals surface area contributed by atoms with Gasteiger partial charge in [0.25, 0.3) is 0 Å². The Hall–Kier alpha value is -2.40. The summed E-state index contributed by atoms with van der Waals surface area (Å²) in [6.07, 6.45) is 0. The van der Waals surface area contributed by atoms with Crippen LogP contribution in [0.25, 0.3) is 11.1 Å². The molecule has 2 aromatic carbocycles. The Labute approximate surface area is 124 Å². The number of rotatable bonds is 3. The first-order valence-electron chi connectivity index (χ1n) is 5.88. The second-order valence-corrected chi connectivity index (χ2v) is 4.83. The average molecular weight is 309 g/mol. The summed E-state index contributed by atoms with van der Waals surface area (Å²) in [5.41, 5.74) is -0.139. The van der Waals surface area contributed by atoms with Crippen LogP contribution in [-0.2, 0) is 0 Å². The molecule has 21 heavy (non-hydrogen) atoms. The van der Waals surface area contributed by atoms with Crippen molar-refractivity contribution in [3.8, 4) is 11.1 Å². The van der Waals surface area contributed by atoms with E-state index in [4.69, 9.17) is 16.7 Å². The minimum Gasteiger partial charge on any atom is -0.478 e. The molecule has 0 aromatic heterocycles. The molecule has 4 nitrogen and oxygen atoms in total. The van der Waals surface area contributed by atoms with Crippen LogP contribution in [-0.4, -0.2) is 22.2 Å². The lowest BCUT2D eigenvalue weighted by Crippen LogP contribution is -2.09. The van der Waals surface area contributed by atoms with Crippen LogP contribution in [0.2, 0.25) is 5.02 Å². The molecule has 0 radical (unpaired) electrons. The molecule has 0 atom stereocenters. The molecular formula is C15H10ClFO4. The van der Waals surface area contributed by atoms with Gasteiger partial charge in [-0.05, 0) is 42.3 Å². The molecule has 0 unspecified atom stereocenters. The number of hydrogen-bond donors (Lipinski definition) is 2. The third kappa shape index (κ3) is 2.73. The largest absolute Gasteiger partial charge is 0.478 e. The van der Waals surface area contributed by atoms with E-state index in [-0.39, 0.29) is 32.8 Å². The van der Waals surface area contributed by atoms with Crippen LogP contribution in [0.15, 0.2) is 30.3 Å². The second-order valence-electron chi connectivity index (χ2n) is 4.40. The lowest BCUT2D eigenvalue weighted by Gasteiger charge is -2.12. The fraction of sp³-hybridized carbons (Fsp3) is 0.0667. The summed E-state index contributed by atoms with van der Waals surface area (Å²) in [5, 5.41) is 18.5. The molecule has 0 aliphatic carbocycles. The topological polar surface area (TPSA) is 74.6 Å². The molecule has 0 amide bonds. The summed E-state index contributed by atoms with van der Waals surface area (Å²) < 4.78 is 14.0. The minimum atomic E-state index is -1.32. The fourth-order valence-electron chi connectivity index (χ4n) is 2.15. The zero-order chi connectivity index (χ0) is 15.7. The number of carboxylic acids is 2. The van der Waals surface area contributed by atoms with Crippen LogP contribution in [0.5, 0.6) is 0 Å². The summed E-state index contributed by atoms with van der Waals surface area (Å²) in [5.74, 6) is -3.23. The Morgan fingerprint density at radius 3 is 2.19 bits per heavy atom. The molecule has 2 N–H and O–H groups in total. The van der Waals surface area contributed by atoms with Gasteiger partial charge in [0.2, 0.25) is 0 Å². The van der Waals surface area contributed by atoms with Crippen molar-refractivity contribution in [3.05, 3.63) is 57.9 Å². The van der Waals surface area contributed by atoms with Gasteiger partial charge >= 0.3 is 11.9 Å². The van der Waals surface area contributed by atoms with Crippen molar-refractivity contribution in [2.45, 2.75) is 6.92 Å². The molecule has 0 aliphatic heterocycles. The van der Waals surface area contributed by atoms with E-state index in [1.807, 2.05) is 0 Å². The number of carbonyl (C=O) groups is 2. The number of halogens is 2. The van der Waals surface area contributed by atoms with E-state index in [1.54, 1.807) is 0 Å². The minimum absolute atomic E-state index is 0.0526. The summed E-state index contributed by atoms with van der Waals surface area (Å²) >= 11 is 5.67. The van der Waals surface area contributed by atoms with E-state index in [2.05, 4.69) is 0 Å². The third-order valence-corrected chi connectivity index (χ3v) is 3.37. The van der Waals surface area contributed by atoms with Crippen molar-refractivity contribution in [1.29, 1.82) is 0 Å². The molecule has 0 heterocycles. The summed E-state index contributed by atoms with van der Waals surface area (Å²) in [7, 11) is 0. The van der Waals surface area contributed by atoms with Crippen molar-refractivity contribution < 1.29 is 24.2 Å². The third-order valence-electron chi connectivity index (χ3n) is 3.13. The molecular weight excluding hydrogens is 299 g/mol. The molecule has 6 heteroatoms. The standard InChI is InChI=1S/C15H10ClFO4/c1-7-9(14(18)19)4-5-11(13(7)15(20)21)10-3-2-8(16)6-12(10)17/h2-6H,1H3,(H,18,19)(H,20,21). The van der Waals surface area contributed by atoms with Crippen LogP contribution in [0, 0.1) is 12.7 Å². The zero-order valence-electron chi connectivity index (χ0n) is 10.9. The van der Waals surface area contributed by atoms with Gasteiger partial charge < -0.3 is 10.2 Å². The average Bonchev–Trinajstić information content (AvgIpc) is 2.37. The molecule has 2 aromatic rings. The number of carboxylic acid groups (broad SMARTS) is 2. The van der Waals surface area contributed by atoms with Crippen molar-refractivity contribution in [2.24, 2.45) is 0 Å². The quantitative estimate of drug-likeness (QED) is 0.903. The van der Waals surface area contributed by atoms with Gasteiger partial charge in [-0.2, -0.15) is 0 Å². The van der Waals surface area contributed by atoms with Gasteiger partial charge in [0.05, 0.1) is 11.1 Å². The Morgan fingerprint density at radius 1 is 1.05 bits per heavy atom. The van der Waals surface area contributed by atoms with Crippen LogP contribution < -0.4 is 0 Å². The first kappa shape index (κ1) is 15.0. The highest BCUT2D eigenvalue weighted by molar-refractivity contribution is 6.30. The van der Waals surface area contributed by atoms with E-state index < -0.39 is 17.8 Å². The van der Waals surface area contributed by atoms with Gasteiger partial charge in [0.15, 0.2) is 0 Å². The first-order chi connectivity index (χ1) is 9.82. The van der Waals surface area contributed by atoms with Crippen molar-refractivity contribution in [1.82, 2.24) is 0 Å². The molecule has 0 fully saturated rings. The Bertz CT molecular complexity index is 756. The van der Waals surface area contributed by atoms with Gasteiger partial charge in [-0.15, -0.1) is 0 Å². The Kier molecular flexibility index (Phi) is 3.95. The molecule has 0 saturated heterocycles. The normalized spacial score (nSPS) is 10.4. The Morgan fingerprint density at radius 2 is 1.67 bits per heavy atom. The smallest absolute Gasteiger partial charge is 0.336 e. The van der Waals surface area contributed by atoms with E-state index in [1.165, 1.54) is 31.2 Å². The molecule has 0 spiro atoms. The summed E-state index contributed by atoms with van der Waals surface area (Å²) in [6, 6.07) is 6.41. The van der Waals surface area contributed by atoms with Crippen molar-refractivity contribution >= 4 is 23.5 Å². The number of hydrogen-bond acceptors (Lipinski definition) is 2. The molecule has 108 valence electrons. The van der Waals surface area contributed by atoms with Gasteiger partial charge in [-0.3, -0.25) is 0 Å². The lowest BCUT2D eigenvalue weighted by molar-refractivity contribution is 0.0696. The van der Waals surface area contributed by atoms with E-state index in [0.29, 0.717) is 0 Å². The highest BCUT2D eigenvalue weighted by atomic mass is 35.5. The number of aromatic carboxylic acids is 2. The molecule has 0 saturated carbocycles. The molecule has 2 rings (SSSR count). The molecule has 0 aliphatic rings. The van der Waals surface area contributed by atoms with Gasteiger partial charge in [0.1, 0.15) is 5.82 Å². The van der Waals surface area contributed by atoms with E-state index >= 15 is 0 Å². The summed E-state index contributed by atoms with van der Waals surface area (Å²) in [6.45, 7) is 1.38. The maximum atomic E-state index is 14.0. The highest BCUT2D eigenvalue weighted by Gasteiger charge is 2.21. The zero-order valence-corrected chi connectivity index (χ0v) is 11.6. The van der Waals surface area contributed by atoms with Crippen molar-refractivity contribution in [3.63, 3.8) is 0 Å². The van der Waals surface area contributed by atoms with Crippen molar-refractivity contribution in [2.75, 3.05) is 0 Å². The fourth-order valence-corrected chi connectivity index (χ4v) is 2.31. The SMILES string of the molecule is Cc1c(C(=O)O)ccc(-c2ccc(Cl)cc2F)c1C(=O)O. The summed E-state index contributed by atoms with van der Waals surface area (Å²) in [4.78, 5) is 22.5. The predicted molar refractivity (Wildman–Crippen MR) is 75.5 cm³/mol. The maximum absolute atomic E-state index is 14.0. The highest BCUT2D eigenvalue weighted by Crippen LogP contribution is 2.31.